The Morgan fingerprint density at radius 3 is 2.92 bits per heavy atom. The van der Waals surface area contributed by atoms with Crippen molar-refractivity contribution in [2.75, 3.05) is 13.2 Å². The van der Waals surface area contributed by atoms with Crippen molar-refractivity contribution in [1.29, 1.82) is 0 Å². The van der Waals surface area contributed by atoms with E-state index in [1.165, 1.54) is 0 Å². The van der Waals surface area contributed by atoms with Crippen molar-refractivity contribution >= 4 is 11.9 Å². The predicted molar refractivity (Wildman–Crippen MR) is 87.1 cm³/mol. The van der Waals surface area contributed by atoms with Crippen LogP contribution in [-0.2, 0) is 19.1 Å². The second-order valence-electron chi connectivity index (χ2n) is 8.81. The Morgan fingerprint density at radius 2 is 2.20 bits per heavy atom. The molecule has 0 N–H and O–H groups in total. The summed E-state index contributed by atoms with van der Waals surface area (Å²) in [5.74, 6) is 1.19. The third-order valence-corrected chi connectivity index (χ3v) is 8.05. The lowest BCUT2D eigenvalue weighted by Crippen LogP contribution is -2.50. The van der Waals surface area contributed by atoms with Crippen molar-refractivity contribution < 1.29 is 19.1 Å². The van der Waals surface area contributed by atoms with E-state index >= 15 is 0 Å². The first-order valence-electron chi connectivity index (χ1n) is 9.31. The number of carbonyl (C=O) groups is 2. The number of nitroso groups, excluding NO2 is 1. The highest BCUT2D eigenvalue weighted by Crippen LogP contribution is 2.86. The molecule has 6 heteroatoms. The van der Waals surface area contributed by atoms with Gasteiger partial charge in [-0.05, 0) is 43.9 Å². The summed E-state index contributed by atoms with van der Waals surface area (Å²) < 4.78 is 11.5. The molecule has 8 unspecified atom stereocenters. The van der Waals surface area contributed by atoms with Gasteiger partial charge in [-0.1, -0.05) is 18.2 Å². The smallest absolute Gasteiger partial charge is 0.333 e. The lowest BCUT2D eigenvalue weighted by Gasteiger charge is -2.43. The van der Waals surface area contributed by atoms with E-state index in [2.05, 4.69) is 11.8 Å². The normalized spacial score (nSPS) is 50.7. The van der Waals surface area contributed by atoms with Crippen LogP contribution in [0.15, 0.2) is 17.3 Å². The van der Waals surface area contributed by atoms with Crippen LogP contribution >= 0.6 is 0 Å². The lowest BCUT2D eigenvalue weighted by molar-refractivity contribution is -0.161. The molecule has 6 nitrogen and oxygen atoms in total. The topological polar surface area (TPSA) is 82.0 Å². The minimum atomic E-state index is -0.513. The molecule has 1 heterocycles. The van der Waals surface area contributed by atoms with Gasteiger partial charge in [0.2, 0.25) is 0 Å². The Labute approximate surface area is 146 Å². The highest BCUT2D eigenvalue weighted by molar-refractivity contribution is 5.87. The molecule has 1 saturated heterocycles. The third-order valence-electron chi connectivity index (χ3n) is 8.05. The number of carbonyl (C=O) groups excluding carboxylic acids is 2. The summed E-state index contributed by atoms with van der Waals surface area (Å²) in [6.07, 6.45) is 3.44. The summed E-state index contributed by atoms with van der Waals surface area (Å²) >= 11 is 0. The number of ether oxygens (including phenoxy) is 2. The van der Waals surface area contributed by atoms with Gasteiger partial charge in [0.1, 0.15) is 6.10 Å². The minimum Gasteiger partial charge on any atom is -0.462 e. The van der Waals surface area contributed by atoms with E-state index in [0.717, 1.165) is 25.7 Å². The summed E-state index contributed by atoms with van der Waals surface area (Å²) in [4.78, 5) is 35.9. The third kappa shape index (κ3) is 1.57. The Hall–Kier alpha value is -1.72. The molecule has 1 spiro atoms. The maximum Gasteiger partial charge on any atom is 0.333 e. The predicted octanol–water partition coefficient (Wildman–Crippen LogP) is 2.47. The fourth-order valence-electron chi connectivity index (χ4n) is 7.42. The van der Waals surface area contributed by atoms with Crippen LogP contribution in [0.5, 0.6) is 0 Å². The number of esters is 2. The average Bonchev–Trinajstić information content (AvgIpc) is 2.90. The molecule has 0 bridgehead atoms. The van der Waals surface area contributed by atoms with Crippen LogP contribution in [0, 0.1) is 45.3 Å². The van der Waals surface area contributed by atoms with Crippen molar-refractivity contribution in [1.82, 2.24) is 0 Å². The molecule has 25 heavy (non-hydrogen) atoms. The first kappa shape index (κ1) is 15.5. The summed E-state index contributed by atoms with van der Waals surface area (Å²) in [6.45, 7) is 5.83. The quantitative estimate of drug-likeness (QED) is 0.434. The largest absolute Gasteiger partial charge is 0.462 e. The number of nitrogens with zero attached hydrogens (tertiary/aromatic N) is 1. The maximum atomic E-state index is 13.1. The SMILES string of the molecule is C=C(C)C(=O)OCC12CCCC13C(=O)OC1C(CN=O)CC4C(C42)C13. The molecule has 0 aromatic rings. The summed E-state index contributed by atoms with van der Waals surface area (Å²) in [5, 5.41) is 3.10. The standard InChI is InChI=1S/C19H23NO5/c1-9(2)16(21)24-8-18-4-3-5-19(18)14-12-11(13(12)18)6-10(7-20-23)15(14)25-17(19)22/h10-15H,1,3-8H2,2H3. The number of hydrogen-bond acceptors (Lipinski definition) is 6. The van der Waals surface area contributed by atoms with E-state index in [0.29, 0.717) is 29.9 Å². The zero-order valence-electron chi connectivity index (χ0n) is 14.4. The molecule has 8 atom stereocenters. The molecule has 1 aliphatic heterocycles. The van der Waals surface area contributed by atoms with Crippen LogP contribution < -0.4 is 0 Å². The van der Waals surface area contributed by atoms with E-state index < -0.39 is 5.41 Å². The van der Waals surface area contributed by atoms with Gasteiger partial charge in [0, 0.05) is 22.8 Å². The highest BCUT2D eigenvalue weighted by Gasteiger charge is 2.88. The van der Waals surface area contributed by atoms with E-state index in [9.17, 15) is 14.5 Å². The molecule has 134 valence electrons. The fraction of sp³-hybridized carbons (Fsp3) is 0.789. The van der Waals surface area contributed by atoms with Crippen molar-refractivity contribution in [3.05, 3.63) is 17.1 Å². The molecule has 5 aliphatic rings. The lowest BCUT2D eigenvalue weighted by atomic mass is 9.57. The Bertz CT molecular complexity index is 704. The highest BCUT2D eigenvalue weighted by atomic mass is 16.6. The van der Waals surface area contributed by atoms with E-state index in [4.69, 9.17) is 9.47 Å². The van der Waals surface area contributed by atoms with Crippen LogP contribution in [0.3, 0.4) is 0 Å². The summed E-state index contributed by atoms with van der Waals surface area (Å²) in [7, 11) is 0. The second kappa shape index (κ2) is 4.71. The molecule has 0 radical (unpaired) electrons. The fourth-order valence-corrected chi connectivity index (χ4v) is 7.42. The number of hydrogen-bond donors (Lipinski definition) is 0. The Balaban J connectivity index is 1.52. The van der Waals surface area contributed by atoms with Gasteiger partial charge in [-0.25, -0.2) is 4.79 Å². The average molecular weight is 345 g/mol. The maximum absolute atomic E-state index is 13.1. The summed E-state index contributed by atoms with van der Waals surface area (Å²) in [5.41, 5.74) is -0.401. The second-order valence-corrected chi connectivity index (χ2v) is 8.81. The van der Waals surface area contributed by atoms with Crippen molar-refractivity contribution in [3.63, 3.8) is 0 Å². The molecule has 0 aromatic heterocycles. The Morgan fingerprint density at radius 1 is 1.40 bits per heavy atom. The molecule has 0 amide bonds. The van der Waals surface area contributed by atoms with Crippen molar-refractivity contribution in [3.8, 4) is 0 Å². The van der Waals surface area contributed by atoms with Gasteiger partial charge in [0.15, 0.2) is 0 Å². The first-order chi connectivity index (χ1) is 12.0. The van der Waals surface area contributed by atoms with Crippen LogP contribution in [0.1, 0.15) is 32.6 Å². The molecule has 4 aliphatic carbocycles. The van der Waals surface area contributed by atoms with E-state index in [-0.39, 0.29) is 41.8 Å². The first-order valence-corrected chi connectivity index (χ1v) is 9.31. The van der Waals surface area contributed by atoms with Gasteiger partial charge in [-0.3, -0.25) is 4.79 Å². The van der Waals surface area contributed by atoms with Gasteiger partial charge in [-0.15, -0.1) is 0 Å². The summed E-state index contributed by atoms with van der Waals surface area (Å²) in [6, 6.07) is 0. The van der Waals surface area contributed by atoms with Gasteiger partial charge < -0.3 is 9.47 Å². The molecule has 5 rings (SSSR count). The van der Waals surface area contributed by atoms with Crippen molar-refractivity contribution in [2.45, 2.75) is 38.7 Å². The zero-order chi connectivity index (χ0) is 17.6. The van der Waals surface area contributed by atoms with Crippen LogP contribution in [0.4, 0.5) is 0 Å². The van der Waals surface area contributed by atoms with Crippen LogP contribution in [-0.4, -0.2) is 31.2 Å². The van der Waals surface area contributed by atoms with Crippen LogP contribution in [0.2, 0.25) is 0 Å². The molecule has 0 aromatic carbocycles. The van der Waals surface area contributed by atoms with E-state index in [1.807, 2.05) is 0 Å². The molecule has 4 saturated carbocycles. The van der Waals surface area contributed by atoms with Gasteiger partial charge >= 0.3 is 11.9 Å². The van der Waals surface area contributed by atoms with Crippen molar-refractivity contribution in [2.24, 2.45) is 45.6 Å². The van der Waals surface area contributed by atoms with E-state index in [1.54, 1.807) is 6.92 Å². The molecular weight excluding hydrogens is 322 g/mol. The molecular formula is C19H23NO5. The van der Waals surface area contributed by atoms with Gasteiger partial charge in [0.05, 0.1) is 18.6 Å². The Kier molecular flexibility index (Phi) is 2.93. The molecule has 5 fully saturated rings. The number of rotatable bonds is 5. The van der Waals surface area contributed by atoms with Gasteiger partial charge in [-0.2, -0.15) is 4.91 Å². The van der Waals surface area contributed by atoms with Crippen LogP contribution in [0.25, 0.3) is 0 Å². The van der Waals surface area contributed by atoms with Gasteiger partial charge in [0.25, 0.3) is 0 Å². The number of fused-ring (bicyclic) bond motifs is 2. The monoisotopic (exact) mass is 345 g/mol. The zero-order valence-corrected chi connectivity index (χ0v) is 14.4. The minimum absolute atomic E-state index is 0.0636.